The number of nitrogens with zero attached hydrogens (tertiary/aromatic N) is 2. The minimum absolute atomic E-state index is 0.205. The number of amides is 1. The summed E-state index contributed by atoms with van der Waals surface area (Å²) in [7, 11) is 1.75. The standard InChI is InChI=1S/C13H23N3O2S/c1-9(2)10-6-11(16(4)15-10)12(17)14-7-13(3,18)8-19-5/h6,9,18H,7-8H2,1-5H3,(H,14,17). The Labute approximate surface area is 118 Å². The molecule has 6 heteroatoms. The van der Waals surface area contributed by atoms with Crippen LogP contribution in [0.5, 0.6) is 0 Å². The van der Waals surface area contributed by atoms with Gasteiger partial charge in [-0.3, -0.25) is 9.48 Å². The van der Waals surface area contributed by atoms with Crippen molar-refractivity contribution in [1.82, 2.24) is 15.1 Å². The lowest BCUT2D eigenvalue weighted by molar-refractivity contribution is 0.0720. The topological polar surface area (TPSA) is 67.2 Å². The van der Waals surface area contributed by atoms with Gasteiger partial charge in [-0.05, 0) is 25.2 Å². The molecule has 1 atom stereocenters. The fourth-order valence-corrected chi connectivity index (χ4v) is 2.43. The second kappa shape index (κ2) is 6.43. The van der Waals surface area contributed by atoms with Gasteiger partial charge in [0, 0.05) is 19.3 Å². The average Bonchev–Trinajstić information content (AvgIpc) is 2.68. The molecule has 1 rings (SSSR count). The number of thioether (sulfide) groups is 1. The Morgan fingerprint density at radius 2 is 2.26 bits per heavy atom. The third-order valence-corrected chi connectivity index (χ3v) is 3.72. The zero-order valence-corrected chi connectivity index (χ0v) is 13.0. The molecule has 0 spiro atoms. The zero-order chi connectivity index (χ0) is 14.6. The Morgan fingerprint density at radius 3 is 2.74 bits per heavy atom. The lowest BCUT2D eigenvalue weighted by Crippen LogP contribution is -2.42. The van der Waals surface area contributed by atoms with Crippen LogP contribution in [-0.4, -0.2) is 44.9 Å². The molecule has 0 aliphatic rings. The predicted octanol–water partition coefficient (Wildman–Crippen LogP) is 1.39. The van der Waals surface area contributed by atoms with E-state index < -0.39 is 5.60 Å². The highest BCUT2D eigenvalue weighted by atomic mass is 32.2. The van der Waals surface area contributed by atoms with Gasteiger partial charge in [0.05, 0.1) is 11.3 Å². The molecule has 0 saturated carbocycles. The van der Waals surface area contributed by atoms with Crippen molar-refractivity contribution < 1.29 is 9.90 Å². The number of rotatable bonds is 6. The maximum absolute atomic E-state index is 12.1. The highest BCUT2D eigenvalue weighted by molar-refractivity contribution is 7.98. The van der Waals surface area contributed by atoms with Gasteiger partial charge in [-0.25, -0.2) is 0 Å². The van der Waals surface area contributed by atoms with Crippen LogP contribution < -0.4 is 5.32 Å². The number of aromatic nitrogens is 2. The molecule has 5 nitrogen and oxygen atoms in total. The summed E-state index contributed by atoms with van der Waals surface area (Å²) in [6.45, 7) is 6.02. The SMILES string of the molecule is CSCC(C)(O)CNC(=O)c1cc(C(C)C)nn1C. The number of hydrogen-bond acceptors (Lipinski definition) is 4. The van der Waals surface area contributed by atoms with E-state index in [-0.39, 0.29) is 18.4 Å². The van der Waals surface area contributed by atoms with Crippen molar-refractivity contribution in [3.8, 4) is 0 Å². The van der Waals surface area contributed by atoms with Gasteiger partial charge >= 0.3 is 0 Å². The maximum atomic E-state index is 12.1. The number of nitrogens with one attached hydrogen (secondary N) is 1. The molecule has 0 saturated heterocycles. The smallest absolute Gasteiger partial charge is 0.269 e. The first-order valence-corrected chi connectivity index (χ1v) is 7.69. The average molecular weight is 285 g/mol. The van der Waals surface area contributed by atoms with E-state index in [2.05, 4.69) is 10.4 Å². The van der Waals surface area contributed by atoms with Gasteiger partial charge in [-0.15, -0.1) is 0 Å². The number of carbonyl (C=O) groups is 1. The number of carbonyl (C=O) groups excluding carboxylic acids is 1. The van der Waals surface area contributed by atoms with Crippen LogP contribution in [-0.2, 0) is 7.05 Å². The third kappa shape index (κ3) is 4.54. The van der Waals surface area contributed by atoms with Crippen LogP contribution in [0.4, 0.5) is 0 Å². The monoisotopic (exact) mass is 285 g/mol. The molecule has 1 aromatic heterocycles. The van der Waals surface area contributed by atoms with Crippen LogP contribution in [0, 0.1) is 0 Å². The first-order chi connectivity index (χ1) is 8.76. The molecule has 19 heavy (non-hydrogen) atoms. The molecule has 0 bridgehead atoms. The van der Waals surface area contributed by atoms with Crippen LogP contribution in [0.15, 0.2) is 6.07 Å². The first-order valence-electron chi connectivity index (χ1n) is 6.30. The molecule has 0 fully saturated rings. The molecule has 1 heterocycles. The van der Waals surface area contributed by atoms with Gasteiger partial charge in [0.2, 0.25) is 0 Å². The van der Waals surface area contributed by atoms with Gasteiger partial charge in [0.25, 0.3) is 5.91 Å². The van der Waals surface area contributed by atoms with E-state index in [0.29, 0.717) is 11.4 Å². The summed E-state index contributed by atoms with van der Waals surface area (Å²) in [6.07, 6.45) is 1.92. The third-order valence-electron chi connectivity index (χ3n) is 2.81. The first kappa shape index (κ1) is 16.0. The quantitative estimate of drug-likeness (QED) is 0.829. The van der Waals surface area contributed by atoms with Crippen LogP contribution in [0.2, 0.25) is 0 Å². The molecular weight excluding hydrogens is 262 g/mol. The molecule has 2 N–H and O–H groups in total. The minimum Gasteiger partial charge on any atom is -0.387 e. The van der Waals surface area contributed by atoms with Crippen molar-refractivity contribution in [3.05, 3.63) is 17.5 Å². The summed E-state index contributed by atoms with van der Waals surface area (Å²) < 4.78 is 1.58. The minimum atomic E-state index is -0.894. The second-order valence-corrected chi connectivity index (χ2v) is 6.21. The van der Waals surface area contributed by atoms with Gasteiger partial charge in [-0.2, -0.15) is 16.9 Å². The Kier molecular flexibility index (Phi) is 5.43. The van der Waals surface area contributed by atoms with Crippen LogP contribution in [0.3, 0.4) is 0 Å². The lowest BCUT2D eigenvalue weighted by atomic mass is 10.1. The Bertz CT molecular complexity index is 441. The highest BCUT2D eigenvalue weighted by Gasteiger charge is 2.22. The van der Waals surface area contributed by atoms with Crippen molar-refractivity contribution in [2.24, 2.45) is 7.05 Å². The largest absolute Gasteiger partial charge is 0.387 e. The Morgan fingerprint density at radius 1 is 1.63 bits per heavy atom. The molecule has 108 valence electrons. The van der Waals surface area contributed by atoms with E-state index in [1.54, 1.807) is 36.5 Å². The second-order valence-electron chi connectivity index (χ2n) is 5.35. The summed E-state index contributed by atoms with van der Waals surface area (Å²) in [6, 6.07) is 1.79. The van der Waals surface area contributed by atoms with E-state index in [1.807, 2.05) is 20.1 Å². The fraction of sp³-hybridized carbons (Fsp3) is 0.692. The van der Waals surface area contributed by atoms with Crippen molar-refractivity contribution in [3.63, 3.8) is 0 Å². The lowest BCUT2D eigenvalue weighted by Gasteiger charge is -2.22. The molecule has 1 unspecified atom stereocenters. The number of aliphatic hydroxyl groups is 1. The van der Waals surface area contributed by atoms with Crippen LogP contribution >= 0.6 is 11.8 Å². The van der Waals surface area contributed by atoms with Crippen LogP contribution in [0.1, 0.15) is 42.9 Å². The van der Waals surface area contributed by atoms with E-state index in [0.717, 1.165) is 5.69 Å². The van der Waals surface area contributed by atoms with Gasteiger partial charge in [0.1, 0.15) is 5.69 Å². The summed E-state index contributed by atoms with van der Waals surface area (Å²) in [4.78, 5) is 12.1. The highest BCUT2D eigenvalue weighted by Crippen LogP contribution is 2.14. The van der Waals surface area contributed by atoms with Crippen molar-refractivity contribution in [1.29, 1.82) is 0 Å². The zero-order valence-electron chi connectivity index (χ0n) is 12.2. The van der Waals surface area contributed by atoms with Crippen molar-refractivity contribution in [2.45, 2.75) is 32.3 Å². The molecule has 0 aromatic carbocycles. The summed E-state index contributed by atoms with van der Waals surface area (Å²) in [5, 5.41) is 17.1. The molecule has 1 amide bonds. The van der Waals surface area contributed by atoms with Gasteiger partial charge in [0.15, 0.2) is 0 Å². The maximum Gasteiger partial charge on any atom is 0.269 e. The molecule has 0 aliphatic carbocycles. The predicted molar refractivity (Wildman–Crippen MR) is 78.6 cm³/mol. The van der Waals surface area contributed by atoms with Gasteiger partial charge in [-0.1, -0.05) is 13.8 Å². The van der Waals surface area contributed by atoms with E-state index in [1.165, 1.54) is 0 Å². The molecule has 1 aromatic rings. The summed E-state index contributed by atoms with van der Waals surface area (Å²) in [5.41, 5.74) is 0.515. The molecular formula is C13H23N3O2S. The van der Waals surface area contributed by atoms with Gasteiger partial charge < -0.3 is 10.4 Å². The van der Waals surface area contributed by atoms with E-state index in [9.17, 15) is 9.90 Å². The Hall–Kier alpha value is -1.01. The number of hydrogen-bond donors (Lipinski definition) is 2. The summed E-state index contributed by atoms with van der Waals surface area (Å²) >= 11 is 1.55. The van der Waals surface area contributed by atoms with E-state index >= 15 is 0 Å². The molecule has 0 radical (unpaired) electrons. The number of aryl methyl sites for hydroxylation is 1. The van der Waals surface area contributed by atoms with Crippen molar-refractivity contribution >= 4 is 17.7 Å². The summed E-state index contributed by atoms with van der Waals surface area (Å²) in [5.74, 6) is 0.659. The normalized spacial score (nSPS) is 14.5. The molecule has 0 aliphatic heterocycles. The van der Waals surface area contributed by atoms with Crippen LogP contribution in [0.25, 0.3) is 0 Å². The van der Waals surface area contributed by atoms with Crippen molar-refractivity contribution in [2.75, 3.05) is 18.6 Å². The van der Waals surface area contributed by atoms with E-state index in [4.69, 9.17) is 0 Å². The fourth-order valence-electron chi connectivity index (χ4n) is 1.71. The Balaban J connectivity index is 2.68.